The summed E-state index contributed by atoms with van der Waals surface area (Å²) in [6.45, 7) is 1.33. The quantitative estimate of drug-likeness (QED) is 0.310. The number of carbonyl (C=O) groups excluding carboxylic acids is 1. The van der Waals surface area contributed by atoms with E-state index < -0.39 is 0 Å². The third-order valence-electron chi connectivity index (χ3n) is 1.34. The summed E-state index contributed by atoms with van der Waals surface area (Å²) in [5.74, 6) is -0.00294. The Kier molecular flexibility index (Phi) is 3.06. The molecule has 0 atom stereocenters. The number of guanidine groups is 1. The first kappa shape index (κ1) is 10.0. The van der Waals surface area contributed by atoms with Crippen molar-refractivity contribution in [1.29, 1.82) is 0 Å². The topological polar surface area (TPSA) is 90.7 Å². The molecule has 0 saturated carbocycles. The summed E-state index contributed by atoms with van der Waals surface area (Å²) >= 11 is 0. The van der Waals surface area contributed by atoms with Gasteiger partial charge in [0.1, 0.15) is 5.75 Å². The van der Waals surface area contributed by atoms with Gasteiger partial charge in [-0.05, 0) is 12.1 Å². The maximum atomic E-state index is 10.6. The standard InChI is InChI=1S/C9H11N3O2/c1-6(13)14-8-4-2-3-7(5-8)12-9(10)11/h2-5H,1H3,(H4,10,11,12). The van der Waals surface area contributed by atoms with Crippen molar-refractivity contribution in [3.05, 3.63) is 24.3 Å². The van der Waals surface area contributed by atoms with Gasteiger partial charge in [0.15, 0.2) is 5.96 Å². The lowest BCUT2D eigenvalue weighted by Crippen LogP contribution is -2.21. The van der Waals surface area contributed by atoms with Crippen molar-refractivity contribution in [2.24, 2.45) is 16.5 Å². The van der Waals surface area contributed by atoms with E-state index in [9.17, 15) is 4.79 Å². The smallest absolute Gasteiger partial charge is 0.308 e. The van der Waals surface area contributed by atoms with Crippen LogP contribution in [0.1, 0.15) is 6.92 Å². The molecule has 0 aromatic heterocycles. The third-order valence-corrected chi connectivity index (χ3v) is 1.34. The highest BCUT2D eigenvalue weighted by molar-refractivity contribution is 5.79. The van der Waals surface area contributed by atoms with Crippen LogP contribution in [-0.2, 0) is 4.79 Å². The van der Waals surface area contributed by atoms with Crippen LogP contribution >= 0.6 is 0 Å². The van der Waals surface area contributed by atoms with Crippen LogP contribution in [0.5, 0.6) is 5.75 Å². The molecule has 14 heavy (non-hydrogen) atoms. The van der Waals surface area contributed by atoms with Crippen LogP contribution in [0.25, 0.3) is 0 Å². The van der Waals surface area contributed by atoms with Crippen LogP contribution in [0.4, 0.5) is 5.69 Å². The maximum Gasteiger partial charge on any atom is 0.308 e. The lowest BCUT2D eigenvalue weighted by atomic mass is 10.3. The number of carbonyl (C=O) groups is 1. The SMILES string of the molecule is CC(=O)Oc1cccc(N=C(N)N)c1. The molecule has 0 aliphatic carbocycles. The average molecular weight is 193 g/mol. The molecule has 0 radical (unpaired) electrons. The molecule has 0 unspecified atom stereocenters. The minimum Gasteiger partial charge on any atom is -0.427 e. The molecule has 1 rings (SSSR count). The summed E-state index contributed by atoms with van der Waals surface area (Å²) < 4.78 is 4.85. The van der Waals surface area contributed by atoms with Gasteiger partial charge in [-0.2, -0.15) is 0 Å². The molecule has 0 bridgehead atoms. The molecule has 0 fully saturated rings. The van der Waals surface area contributed by atoms with Gasteiger partial charge >= 0.3 is 5.97 Å². The molecule has 0 saturated heterocycles. The predicted molar refractivity (Wildman–Crippen MR) is 53.2 cm³/mol. The highest BCUT2D eigenvalue weighted by atomic mass is 16.5. The van der Waals surface area contributed by atoms with Crippen molar-refractivity contribution < 1.29 is 9.53 Å². The molecule has 5 heteroatoms. The van der Waals surface area contributed by atoms with Gasteiger partial charge < -0.3 is 16.2 Å². The fourth-order valence-corrected chi connectivity index (χ4v) is 0.932. The maximum absolute atomic E-state index is 10.6. The molecule has 0 spiro atoms. The summed E-state index contributed by atoms with van der Waals surface area (Å²) in [7, 11) is 0. The number of ether oxygens (including phenoxy) is 1. The molecule has 5 nitrogen and oxygen atoms in total. The number of rotatable bonds is 2. The van der Waals surface area contributed by atoms with Gasteiger partial charge in [-0.1, -0.05) is 6.07 Å². The van der Waals surface area contributed by atoms with Gasteiger partial charge in [0.25, 0.3) is 0 Å². The highest BCUT2D eigenvalue weighted by Crippen LogP contribution is 2.19. The van der Waals surface area contributed by atoms with Gasteiger partial charge in [-0.15, -0.1) is 0 Å². The van der Waals surface area contributed by atoms with Gasteiger partial charge in [0.05, 0.1) is 5.69 Å². The van der Waals surface area contributed by atoms with Crippen LogP contribution in [0, 0.1) is 0 Å². The molecule has 0 heterocycles. The molecule has 74 valence electrons. The van der Waals surface area contributed by atoms with E-state index >= 15 is 0 Å². The van der Waals surface area contributed by atoms with E-state index in [-0.39, 0.29) is 11.9 Å². The predicted octanol–water partition coefficient (Wildman–Crippen LogP) is 0.517. The summed E-state index contributed by atoms with van der Waals surface area (Å²) in [5.41, 5.74) is 10.9. The minimum absolute atomic E-state index is 0.0371. The second kappa shape index (κ2) is 4.27. The summed E-state index contributed by atoms with van der Waals surface area (Å²) in [4.78, 5) is 14.4. The van der Waals surface area contributed by atoms with E-state index in [1.54, 1.807) is 24.3 Å². The van der Waals surface area contributed by atoms with E-state index in [2.05, 4.69) is 4.99 Å². The number of benzene rings is 1. The Morgan fingerprint density at radius 1 is 1.43 bits per heavy atom. The fourth-order valence-electron chi connectivity index (χ4n) is 0.932. The molecule has 4 N–H and O–H groups in total. The summed E-state index contributed by atoms with van der Waals surface area (Å²) in [6.07, 6.45) is 0. The van der Waals surface area contributed by atoms with E-state index in [4.69, 9.17) is 16.2 Å². The van der Waals surface area contributed by atoms with Crippen LogP contribution in [0.2, 0.25) is 0 Å². The molecule has 0 aliphatic rings. The number of nitrogens with two attached hydrogens (primary N) is 2. The first-order chi connectivity index (χ1) is 6.58. The fraction of sp³-hybridized carbons (Fsp3) is 0.111. The van der Waals surface area contributed by atoms with E-state index in [0.717, 1.165) is 0 Å². The second-order valence-electron chi connectivity index (χ2n) is 2.63. The monoisotopic (exact) mass is 193 g/mol. The first-order valence-electron chi connectivity index (χ1n) is 3.96. The van der Waals surface area contributed by atoms with Crippen LogP contribution in [-0.4, -0.2) is 11.9 Å². The van der Waals surface area contributed by atoms with Crippen LogP contribution < -0.4 is 16.2 Å². The normalized spacial score (nSPS) is 9.21. The van der Waals surface area contributed by atoms with E-state index in [1.165, 1.54) is 6.92 Å². The summed E-state index contributed by atoms with van der Waals surface area (Å²) in [6, 6.07) is 6.61. The van der Waals surface area contributed by atoms with Crippen molar-refractivity contribution in [3.63, 3.8) is 0 Å². The van der Waals surface area contributed by atoms with E-state index in [1.807, 2.05) is 0 Å². The number of hydrogen-bond donors (Lipinski definition) is 2. The van der Waals surface area contributed by atoms with Gasteiger partial charge in [-0.25, -0.2) is 4.99 Å². The number of esters is 1. The third kappa shape index (κ3) is 3.14. The van der Waals surface area contributed by atoms with Gasteiger partial charge in [0, 0.05) is 13.0 Å². The van der Waals surface area contributed by atoms with Gasteiger partial charge in [0.2, 0.25) is 0 Å². The van der Waals surface area contributed by atoms with Crippen molar-refractivity contribution in [1.82, 2.24) is 0 Å². The number of aliphatic imine (C=N–C) groups is 1. The first-order valence-corrected chi connectivity index (χ1v) is 3.96. The minimum atomic E-state index is -0.383. The molecule has 1 aromatic carbocycles. The molecular formula is C9H11N3O2. The molecular weight excluding hydrogens is 182 g/mol. The van der Waals surface area contributed by atoms with Gasteiger partial charge in [-0.3, -0.25) is 4.79 Å². The Bertz CT molecular complexity index is 370. The summed E-state index contributed by atoms with van der Waals surface area (Å²) in [5, 5.41) is 0. The number of hydrogen-bond acceptors (Lipinski definition) is 3. The molecule has 1 aromatic rings. The van der Waals surface area contributed by atoms with Crippen LogP contribution in [0.15, 0.2) is 29.3 Å². The Hall–Kier alpha value is -2.04. The van der Waals surface area contributed by atoms with E-state index in [0.29, 0.717) is 11.4 Å². The lowest BCUT2D eigenvalue weighted by molar-refractivity contribution is -0.131. The zero-order chi connectivity index (χ0) is 10.6. The Balaban J connectivity index is 2.89. The number of nitrogens with zero attached hydrogens (tertiary/aromatic N) is 1. The zero-order valence-electron chi connectivity index (χ0n) is 7.73. The molecule has 0 aliphatic heterocycles. The second-order valence-corrected chi connectivity index (χ2v) is 2.63. The Morgan fingerprint density at radius 2 is 2.14 bits per heavy atom. The Labute approximate surface area is 81.4 Å². The van der Waals surface area contributed by atoms with Crippen molar-refractivity contribution >= 4 is 17.6 Å². The van der Waals surface area contributed by atoms with Crippen molar-refractivity contribution in [2.45, 2.75) is 6.92 Å². The molecule has 0 amide bonds. The zero-order valence-corrected chi connectivity index (χ0v) is 7.73. The van der Waals surface area contributed by atoms with Crippen molar-refractivity contribution in [3.8, 4) is 5.75 Å². The lowest BCUT2D eigenvalue weighted by Gasteiger charge is -2.01. The largest absolute Gasteiger partial charge is 0.427 e. The Morgan fingerprint density at radius 3 is 2.71 bits per heavy atom. The van der Waals surface area contributed by atoms with Crippen LogP contribution in [0.3, 0.4) is 0 Å². The average Bonchev–Trinajstić information content (AvgIpc) is 2.01. The van der Waals surface area contributed by atoms with Crippen molar-refractivity contribution in [2.75, 3.05) is 0 Å². The highest BCUT2D eigenvalue weighted by Gasteiger charge is 1.98.